The van der Waals surface area contributed by atoms with Gasteiger partial charge in [-0.05, 0) is 40.2 Å². The van der Waals surface area contributed by atoms with Crippen LogP contribution in [0.25, 0.3) is 0 Å². The van der Waals surface area contributed by atoms with Gasteiger partial charge in [-0.2, -0.15) is 0 Å². The zero-order chi connectivity index (χ0) is 14.4. The molecule has 0 saturated heterocycles. The second-order valence-corrected chi connectivity index (χ2v) is 5.03. The van der Waals surface area contributed by atoms with Gasteiger partial charge in [0.15, 0.2) is 0 Å². The number of likely N-dealkylation sites (N-methyl/N-ethyl adjacent to an activating group) is 1. The second kappa shape index (κ2) is 7.29. The van der Waals surface area contributed by atoms with Crippen molar-refractivity contribution in [2.45, 2.75) is 46.7 Å². The van der Waals surface area contributed by atoms with Gasteiger partial charge in [-0.1, -0.05) is 29.8 Å². The summed E-state index contributed by atoms with van der Waals surface area (Å²) in [5, 5.41) is 3.37. The van der Waals surface area contributed by atoms with Crippen LogP contribution in [0.4, 0.5) is 0 Å². The molecule has 0 aliphatic carbocycles. The van der Waals surface area contributed by atoms with E-state index in [9.17, 15) is 4.79 Å². The summed E-state index contributed by atoms with van der Waals surface area (Å²) >= 11 is 0. The third kappa shape index (κ3) is 4.35. The van der Waals surface area contributed by atoms with Crippen LogP contribution in [-0.4, -0.2) is 29.9 Å². The van der Waals surface area contributed by atoms with Crippen LogP contribution in [0.3, 0.4) is 0 Å². The van der Waals surface area contributed by atoms with Crippen LogP contribution < -0.4 is 5.32 Å². The average Bonchev–Trinajstić information content (AvgIpc) is 2.40. The number of hydrogen-bond donors (Lipinski definition) is 1. The molecule has 1 amide bonds. The molecular formula is C16H26N2O. The van der Waals surface area contributed by atoms with Crippen LogP contribution in [0, 0.1) is 6.92 Å². The number of nitrogens with one attached hydrogen (secondary N) is 1. The predicted molar refractivity (Wildman–Crippen MR) is 80.1 cm³/mol. The quantitative estimate of drug-likeness (QED) is 0.855. The highest BCUT2D eigenvalue weighted by Crippen LogP contribution is 2.14. The van der Waals surface area contributed by atoms with Gasteiger partial charge in [0.25, 0.3) is 0 Å². The summed E-state index contributed by atoms with van der Waals surface area (Å²) in [6, 6.07) is 8.45. The average molecular weight is 262 g/mol. The lowest BCUT2D eigenvalue weighted by Gasteiger charge is -2.26. The zero-order valence-corrected chi connectivity index (χ0v) is 12.7. The molecule has 2 atom stereocenters. The number of aryl methyl sites for hydroxylation is 1. The summed E-state index contributed by atoms with van der Waals surface area (Å²) in [6.07, 6.45) is 0. The fraction of sp³-hybridized carbons (Fsp3) is 0.562. The maximum atomic E-state index is 12.2. The number of amides is 1. The molecule has 1 N–H and O–H groups in total. The van der Waals surface area contributed by atoms with Gasteiger partial charge in [-0.25, -0.2) is 0 Å². The first kappa shape index (κ1) is 15.7. The molecule has 19 heavy (non-hydrogen) atoms. The van der Waals surface area contributed by atoms with Crippen LogP contribution in [0.2, 0.25) is 0 Å². The Morgan fingerprint density at radius 1 is 1.16 bits per heavy atom. The third-order valence-electron chi connectivity index (χ3n) is 3.52. The zero-order valence-electron chi connectivity index (χ0n) is 12.7. The van der Waals surface area contributed by atoms with Gasteiger partial charge >= 0.3 is 0 Å². The number of hydrogen-bond acceptors (Lipinski definition) is 2. The molecule has 3 nitrogen and oxygen atoms in total. The lowest BCUT2D eigenvalue weighted by molar-refractivity contribution is -0.132. The summed E-state index contributed by atoms with van der Waals surface area (Å²) in [5.74, 6) is 0.170. The van der Waals surface area contributed by atoms with Crippen LogP contribution in [-0.2, 0) is 4.79 Å². The highest BCUT2D eigenvalue weighted by molar-refractivity contribution is 5.81. The molecule has 1 rings (SSSR count). The molecule has 0 saturated carbocycles. The first-order valence-electron chi connectivity index (χ1n) is 7.11. The Morgan fingerprint density at radius 3 is 2.16 bits per heavy atom. The Morgan fingerprint density at radius 2 is 1.68 bits per heavy atom. The summed E-state index contributed by atoms with van der Waals surface area (Å²) in [6.45, 7) is 11.7. The number of rotatable bonds is 6. The molecule has 1 aromatic rings. The lowest BCUT2D eigenvalue weighted by atomic mass is 10.1. The standard InChI is InChI=1S/C16H26N2O/c1-6-18(7-2)16(19)14(5)17-13(4)15-10-8-12(3)9-11-15/h8-11,13-14,17H,6-7H2,1-5H3. The van der Waals surface area contributed by atoms with Gasteiger partial charge in [-0.15, -0.1) is 0 Å². The van der Waals surface area contributed by atoms with E-state index < -0.39 is 0 Å². The van der Waals surface area contributed by atoms with Gasteiger partial charge in [0.2, 0.25) is 5.91 Å². The molecular weight excluding hydrogens is 236 g/mol. The molecule has 0 spiro atoms. The third-order valence-corrected chi connectivity index (χ3v) is 3.52. The maximum Gasteiger partial charge on any atom is 0.239 e. The lowest BCUT2D eigenvalue weighted by Crippen LogP contribution is -2.45. The van der Waals surface area contributed by atoms with Gasteiger partial charge in [0.05, 0.1) is 6.04 Å². The summed E-state index contributed by atoms with van der Waals surface area (Å²) < 4.78 is 0. The first-order valence-corrected chi connectivity index (χ1v) is 7.11. The van der Waals surface area contributed by atoms with E-state index in [1.165, 1.54) is 11.1 Å². The van der Waals surface area contributed by atoms with Crippen molar-refractivity contribution in [2.75, 3.05) is 13.1 Å². The monoisotopic (exact) mass is 262 g/mol. The first-order chi connectivity index (χ1) is 8.99. The highest BCUT2D eigenvalue weighted by atomic mass is 16.2. The Kier molecular flexibility index (Phi) is 6.03. The van der Waals surface area contributed by atoms with Crippen molar-refractivity contribution >= 4 is 5.91 Å². The van der Waals surface area contributed by atoms with E-state index in [4.69, 9.17) is 0 Å². The summed E-state index contributed by atoms with van der Waals surface area (Å²) in [7, 11) is 0. The fourth-order valence-electron chi connectivity index (χ4n) is 2.21. The molecule has 2 unspecified atom stereocenters. The summed E-state index contributed by atoms with van der Waals surface area (Å²) in [4.78, 5) is 14.1. The fourth-order valence-corrected chi connectivity index (χ4v) is 2.21. The Labute approximate surface area is 117 Å². The Balaban J connectivity index is 2.63. The van der Waals surface area contributed by atoms with E-state index in [1.54, 1.807) is 0 Å². The number of carbonyl (C=O) groups excluding carboxylic acids is 1. The van der Waals surface area contributed by atoms with Crippen LogP contribution in [0.5, 0.6) is 0 Å². The Hall–Kier alpha value is -1.35. The molecule has 3 heteroatoms. The van der Waals surface area contributed by atoms with Gasteiger partial charge < -0.3 is 4.90 Å². The highest BCUT2D eigenvalue weighted by Gasteiger charge is 2.19. The van der Waals surface area contributed by atoms with E-state index in [-0.39, 0.29) is 18.0 Å². The minimum absolute atomic E-state index is 0.156. The van der Waals surface area contributed by atoms with Gasteiger partial charge in [-0.3, -0.25) is 10.1 Å². The molecule has 0 aliphatic rings. The normalized spacial score (nSPS) is 13.9. The van der Waals surface area contributed by atoms with Crippen molar-refractivity contribution < 1.29 is 4.79 Å². The minimum atomic E-state index is -0.156. The van der Waals surface area contributed by atoms with Crippen molar-refractivity contribution in [1.29, 1.82) is 0 Å². The van der Waals surface area contributed by atoms with Crippen molar-refractivity contribution in [2.24, 2.45) is 0 Å². The molecule has 0 aliphatic heterocycles. The largest absolute Gasteiger partial charge is 0.342 e. The van der Waals surface area contributed by atoms with E-state index >= 15 is 0 Å². The molecule has 1 aromatic carbocycles. The SMILES string of the molecule is CCN(CC)C(=O)C(C)NC(C)c1ccc(C)cc1. The van der Waals surface area contributed by atoms with E-state index in [0.717, 1.165) is 13.1 Å². The summed E-state index contributed by atoms with van der Waals surface area (Å²) in [5.41, 5.74) is 2.47. The maximum absolute atomic E-state index is 12.2. The Bertz CT molecular complexity index is 396. The van der Waals surface area contributed by atoms with E-state index in [2.05, 4.69) is 43.4 Å². The van der Waals surface area contributed by atoms with Gasteiger partial charge in [0.1, 0.15) is 0 Å². The number of carbonyl (C=O) groups is 1. The van der Waals surface area contributed by atoms with Gasteiger partial charge in [0, 0.05) is 19.1 Å². The molecule has 0 heterocycles. The van der Waals surface area contributed by atoms with E-state index in [0.29, 0.717) is 0 Å². The van der Waals surface area contributed by atoms with Crippen molar-refractivity contribution in [3.8, 4) is 0 Å². The molecule has 0 fully saturated rings. The van der Waals surface area contributed by atoms with Crippen molar-refractivity contribution in [3.63, 3.8) is 0 Å². The number of nitrogens with zero attached hydrogens (tertiary/aromatic N) is 1. The minimum Gasteiger partial charge on any atom is -0.342 e. The van der Waals surface area contributed by atoms with Crippen LogP contribution >= 0.6 is 0 Å². The van der Waals surface area contributed by atoms with Crippen LogP contribution in [0.15, 0.2) is 24.3 Å². The predicted octanol–water partition coefficient (Wildman–Crippen LogP) is 2.90. The smallest absolute Gasteiger partial charge is 0.239 e. The second-order valence-electron chi connectivity index (χ2n) is 5.03. The van der Waals surface area contributed by atoms with Crippen LogP contribution in [0.1, 0.15) is 44.9 Å². The molecule has 0 radical (unpaired) electrons. The molecule has 0 aromatic heterocycles. The van der Waals surface area contributed by atoms with Crippen molar-refractivity contribution in [3.05, 3.63) is 35.4 Å². The molecule has 106 valence electrons. The van der Waals surface area contributed by atoms with E-state index in [1.807, 2.05) is 25.7 Å². The molecule has 0 bridgehead atoms. The van der Waals surface area contributed by atoms with Crippen molar-refractivity contribution in [1.82, 2.24) is 10.2 Å². The topological polar surface area (TPSA) is 32.3 Å². The number of benzene rings is 1.